The zero-order valence-electron chi connectivity index (χ0n) is 24.0. The summed E-state index contributed by atoms with van der Waals surface area (Å²) in [6, 6.07) is 20.3. The van der Waals surface area contributed by atoms with E-state index in [0.29, 0.717) is 18.4 Å². The van der Waals surface area contributed by atoms with Crippen molar-refractivity contribution >= 4 is 65.5 Å². The third kappa shape index (κ3) is 5.65. The minimum atomic E-state index is -2.85. The van der Waals surface area contributed by atoms with Crippen molar-refractivity contribution in [2.24, 2.45) is 4.99 Å². The quantitative estimate of drug-likeness (QED) is 0.244. The number of ether oxygens (including phenoxy) is 1. The number of carbonyl (C=O) groups is 1. The standard InChI is InChI=1S/C30H36Cl3N5O3Si/c1-20-16-17-29-25(34-21(2)37-29)24(35-26(38(20)29)36-27(39)40-19-30(31,32)33)18-41-42(28(3,4)5,22-12-8-6-9-13-22)23-14-10-7-11-15-23/h6-17,20,24-25,34,37H,2,18-19H2,1,3-5H3,(H,35,36,39)/t20-,24-,25-,29?/m0/s1. The number of halogens is 3. The number of hydrogen-bond donors (Lipinski definition) is 3. The molecule has 1 spiro atoms. The Kier molecular flexibility index (Phi) is 8.37. The molecule has 3 aliphatic heterocycles. The molecule has 12 heteroatoms. The highest BCUT2D eigenvalue weighted by Crippen LogP contribution is 2.40. The lowest BCUT2D eigenvalue weighted by atomic mass is 9.92. The van der Waals surface area contributed by atoms with Gasteiger partial charge in [0.25, 0.3) is 8.32 Å². The van der Waals surface area contributed by atoms with Crippen LogP contribution >= 0.6 is 34.8 Å². The van der Waals surface area contributed by atoms with Gasteiger partial charge in [-0.3, -0.25) is 0 Å². The SMILES string of the molecule is C=C1N[C@H]2[C@H](CO[Si](c3ccccc3)(c3ccccc3)C(C)(C)C)N/C(=N\C(=O)OCC(Cl)(Cl)Cl)N3[C@@H](C)C=CC23N1. The Morgan fingerprint density at radius 1 is 1.05 bits per heavy atom. The molecule has 0 aliphatic carbocycles. The van der Waals surface area contributed by atoms with E-state index in [1.54, 1.807) is 0 Å². The molecule has 0 saturated carbocycles. The number of hydrogen-bond acceptors (Lipinski definition) is 5. The van der Waals surface area contributed by atoms with E-state index in [0.717, 1.165) is 0 Å². The lowest BCUT2D eigenvalue weighted by Gasteiger charge is -2.51. The molecule has 42 heavy (non-hydrogen) atoms. The zero-order valence-corrected chi connectivity index (χ0v) is 27.3. The number of rotatable bonds is 6. The number of aliphatic imine (C=N–C) groups is 1. The van der Waals surface area contributed by atoms with Crippen LogP contribution in [0.5, 0.6) is 0 Å². The van der Waals surface area contributed by atoms with E-state index < -0.39 is 30.5 Å². The lowest BCUT2D eigenvalue weighted by Crippen LogP contribution is -2.76. The number of guanidine groups is 1. The van der Waals surface area contributed by atoms with Gasteiger partial charge < -0.3 is 30.0 Å². The molecule has 0 bridgehead atoms. The Bertz CT molecular complexity index is 1340. The van der Waals surface area contributed by atoms with E-state index in [1.807, 2.05) is 24.0 Å². The first-order valence-corrected chi connectivity index (χ1v) is 16.9. The molecule has 5 rings (SSSR count). The smallest absolute Gasteiger partial charge is 0.436 e. The molecule has 224 valence electrons. The summed E-state index contributed by atoms with van der Waals surface area (Å²) in [5.74, 6) is 0.999. The highest BCUT2D eigenvalue weighted by Gasteiger charge is 2.59. The Hall–Kier alpha value is -2.69. The monoisotopic (exact) mass is 647 g/mol. The molecule has 1 unspecified atom stereocenters. The summed E-state index contributed by atoms with van der Waals surface area (Å²) in [5, 5.41) is 12.6. The summed E-state index contributed by atoms with van der Waals surface area (Å²) in [7, 11) is -2.85. The predicted octanol–water partition coefficient (Wildman–Crippen LogP) is 4.39. The van der Waals surface area contributed by atoms with Gasteiger partial charge in [-0.15, -0.1) is 4.99 Å². The van der Waals surface area contributed by atoms with Crippen molar-refractivity contribution in [1.29, 1.82) is 0 Å². The number of amides is 1. The van der Waals surface area contributed by atoms with Crippen molar-refractivity contribution in [3.05, 3.63) is 85.2 Å². The largest absolute Gasteiger partial charge is 0.443 e. The Balaban J connectivity index is 1.54. The van der Waals surface area contributed by atoms with Crippen molar-refractivity contribution in [1.82, 2.24) is 20.9 Å². The maximum absolute atomic E-state index is 12.8. The minimum Gasteiger partial charge on any atom is -0.443 e. The van der Waals surface area contributed by atoms with Crippen molar-refractivity contribution in [3.8, 4) is 0 Å². The maximum Gasteiger partial charge on any atom is 0.436 e. The van der Waals surface area contributed by atoms with Gasteiger partial charge in [-0.1, -0.05) is 129 Å². The fraction of sp³-hybridized carbons (Fsp3) is 0.400. The van der Waals surface area contributed by atoms with E-state index in [-0.39, 0.29) is 23.2 Å². The summed E-state index contributed by atoms with van der Waals surface area (Å²) >= 11 is 17.4. The Labute approximate surface area is 263 Å². The molecule has 2 saturated heterocycles. The van der Waals surface area contributed by atoms with Gasteiger partial charge in [-0.2, -0.15) is 0 Å². The van der Waals surface area contributed by atoms with Crippen LogP contribution < -0.4 is 26.3 Å². The van der Waals surface area contributed by atoms with Gasteiger partial charge in [0.05, 0.1) is 30.6 Å². The van der Waals surface area contributed by atoms with Crippen LogP contribution in [0.4, 0.5) is 4.79 Å². The molecule has 0 radical (unpaired) electrons. The molecule has 3 heterocycles. The third-order valence-electron chi connectivity index (χ3n) is 7.99. The number of carbonyl (C=O) groups excluding carboxylic acids is 1. The van der Waals surface area contributed by atoms with Gasteiger partial charge in [0.15, 0.2) is 5.66 Å². The van der Waals surface area contributed by atoms with Gasteiger partial charge in [0.1, 0.15) is 6.61 Å². The molecule has 2 aromatic rings. The highest BCUT2D eigenvalue weighted by atomic mass is 35.6. The number of nitrogens with zero attached hydrogens (tertiary/aromatic N) is 2. The summed E-state index contributed by atoms with van der Waals surface area (Å²) in [5.41, 5.74) is -0.727. The van der Waals surface area contributed by atoms with Gasteiger partial charge >= 0.3 is 6.09 Å². The van der Waals surface area contributed by atoms with E-state index >= 15 is 0 Å². The van der Waals surface area contributed by atoms with Crippen LogP contribution in [0, 0.1) is 0 Å². The number of alkyl halides is 3. The predicted molar refractivity (Wildman–Crippen MR) is 172 cm³/mol. The van der Waals surface area contributed by atoms with E-state index in [9.17, 15) is 4.79 Å². The normalized spacial score (nSPS) is 26.3. The average molecular weight is 649 g/mol. The van der Waals surface area contributed by atoms with Crippen LogP contribution in [0.2, 0.25) is 5.04 Å². The second kappa shape index (κ2) is 11.4. The molecule has 2 aromatic carbocycles. The molecule has 3 aliphatic rings. The van der Waals surface area contributed by atoms with Crippen LogP contribution in [-0.2, 0) is 9.16 Å². The molecule has 1 amide bonds. The number of benzene rings is 2. The molecule has 0 aromatic heterocycles. The highest BCUT2D eigenvalue weighted by molar-refractivity contribution is 6.99. The Morgan fingerprint density at radius 2 is 1.64 bits per heavy atom. The van der Waals surface area contributed by atoms with Crippen LogP contribution in [0.25, 0.3) is 0 Å². The molecule has 4 atom stereocenters. The summed E-state index contributed by atoms with van der Waals surface area (Å²) in [6.07, 6.45) is 3.29. The molecular formula is C30H36Cl3N5O3Si. The first-order chi connectivity index (χ1) is 19.8. The first-order valence-electron chi connectivity index (χ1n) is 13.8. The maximum atomic E-state index is 12.8. The third-order valence-corrected chi connectivity index (χ3v) is 13.3. The number of nitrogens with one attached hydrogen (secondary N) is 3. The molecular weight excluding hydrogens is 613 g/mol. The van der Waals surface area contributed by atoms with Crippen LogP contribution in [0.15, 0.2) is 90.2 Å². The minimum absolute atomic E-state index is 0.0848. The first kappa shape index (κ1) is 30.8. The lowest BCUT2D eigenvalue weighted by molar-refractivity contribution is 0.104. The summed E-state index contributed by atoms with van der Waals surface area (Å²) in [6.45, 7) is 12.8. The topological polar surface area (TPSA) is 87.2 Å². The van der Waals surface area contributed by atoms with Gasteiger partial charge in [-0.25, -0.2) is 4.79 Å². The molecule has 2 fully saturated rings. The van der Waals surface area contributed by atoms with E-state index in [2.05, 4.69) is 109 Å². The van der Waals surface area contributed by atoms with Gasteiger partial charge in [0.2, 0.25) is 9.75 Å². The van der Waals surface area contributed by atoms with Crippen LogP contribution in [0.1, 0.15) is 27.7 Å². The van der Waals surface area contributed by atoms with Crippen molar-refractivity contribution < 1.29 is 14.0 Å². The second-order valence-corrected chi connectivity index (χ2v) is 18.7. The average Bonchev–Trinajstić information content (AvgIpc) is 3.45. The van der Waals surface area contributed by atoms with Gasteiger partial charge in [0, 0.05) is 0 Å². The van der Waals surface area contributed by atoms with E-state index in [1.165, 1.54) is 10.4 Å². The van der Waals surface area contributed by atoms with Crippen molar-refractivity contribution in [3.63, 3.8) is 0 Å². The fourth-order valence-electron chi connectivity index (χ4n) is 6.35. The molecule has 8 nitrogen and oxygen atoms in total. The summed E-state index contributed by atoms with van der Waals surface area (Å²) < 4.78 is 10.7. The Morgan fingerprint density at radius 3 is 2.19 bits per heavy atom. The summed E-state index contributed by atoms with van der Waals surface area (Å²) in [4.78, 5) is 19.1. The van der Waals surface area contributed by atoms with E-state index in [4.69, 9.17) is 44.0 Å². The second-order valence-electron chi connectivity index (χ2n) is 11.9. The fourth-order valence-corrected chi connectivity index (χ4v) is 11.1. The van der Waals surface area contributed by atoms with Gasteiger partial charge in [-0.05, 0) is 28.4 Å². The zero-order chi connectivity index (χ0) is 30.3. The van der Waals surface area contributed by atoms with Crippen molar-refractivity contribution in [2.45, 2.75) is 60.3 Å². The van der Waals surface area contributed by atoms with Crippen molar-refractivity contribution in [2.75, 3.05) is 13.2 Å². The van der Waals surface area contributed by atoms with Crippen LogP contribution in [-0.4, -0.2) is 66.1 Å². The van der Waals surface area contributed by atoms with Crippen LogP contribution in [0.3, 0.4) is 0 Å². The molecule has 3 N–H and O–H groups in total.